The fourth-order valence-electron chi connectivity index (χ4n) is 2.61. The predicted octanol–water partition coefficient (Wildman–Crippen LogP) is 4.24. The lowest BCUT2D eigenvalue weighted by atomic mass is 9.88. The van der Waals surface area contributed by atoms with Crippen molar-refractivity contribution in [2.24, 2.45) is 0 Å². The number of hydrogen-bond acceptors (Lipinski definition) is 2. The van der Waals surface area contributed by atoms with Crippen LogP contribution in [0.5, 0.6) is 0 Å². The topological polar surface area (TPSA) is 42.0 Å². The predicted molar refractivity (Wildman–Crippen MR) is 92.2 cm³/mol. The van der Waals surface area contributed by atoms with Gasteiger partial charge in [0.05, 0.1) is 0 Å². The second kappa shape index (κ2) is 7.36. The van der Waals surface area contributed by atoms with Crippen LogP contribution in [0.2, 0.25) is 0 Å². The third-order valence-electron chi connectivity index (χ3n) is 3.73. The van der Waals surface area contributed by atoms with Gasteiger partial charge < -0.3 is 5.32 Å². The van der Waals surface area contributed by atoms with Crippen LogP contribution in [0.25, 0.3) is 0 Å². The Bertz CT molecular complexity index is 703. The molecule has 0 radical (unpaired) electrons. The Morgan fingerprint density at radius 1 is 0.826 bits per heavy atom. The van der Waals surface area contributed by atoms with E-state index in [9.17, 15) is 4.79 Å². The lowest BCUT2D eigenvalue weighted by Crippen LogP contribution is -2.17. The Kier molecular flexibility index (Phi) is 4.79. The number of anilines is 1. The van der Waals surface area contributed by atoms with Crippen LogP contribution in [-0.4, -0.2) is 10.9 Å². The molecule has 3 rings (SSSR count). The van der Waals surface area contributed by atoms with Gasteiger partial charge in [0.15, 0.2) is 0 Å². The minimum Gasteiger partial charge on any atom is -0.311 e. The third kappa shape index (κ3) is 4.04. The van der Waals surface area contributed by atoms with Crippen LogP contribution in [0.3, 0.4) is 0 Å². The highest BCUT2D eigenvalue weighted by molar-refractivity contribution is 5.90. The first-order chi connectivity index (χ1) is 11.3. The quantitative estimate of drug-likeness (QED) is 0.766. The molecule has 3 aromatic rings. The van der Waals surface area contributed by atoms with Gasteiger partial charge in [-0.05, 0) is 23.3 Å². The monoisotopic (exact) mass is 302 g/mol. The van der Waals surface area contributed by atoms with E-state index >= 15 is 0 Å². The number of nitrogens with one attached hydrogen (secondary N) is 1. The molecule has 0 fully saturated rings. The molecule has 0 aliphatic carbocycles. The molecule has 1 amide bonds. The fourth-order valence-corrected chi connectivity index (χ4v) is 2.61. The summed E-state index contributed by atoms with van der Waals surface area (Å²) < 4.78 is 0. The highest BCUT2D eigenvalue weighted by Gasteiger charge is 2.18. The summed E-state index contributed by atoms with van der Waals surface area (Å²) in [5.74, 6) is 0.569. The number of aromatic nitrogens is 1. The van der Waals surface area contributed by atoms with Gasteiger partial charge in [-0.15, -0.1) is 0 Å². The number of carbonyl (C=O) groups excluding carboxylic acids is 1. The molecule has 1 N–H and O–H groups in total. The van der Waals surface area contributed by atoms with Crippen molar-refractivity contribution in [1.29, 1.82) is 0 Å². The van der Waals surface area contributed by atoms with Crippen molar-refractivity contribution in [1.82, 2.24) is 4.98 Å². The second-order valence-corrected chi connectivity index (χ2v) is 5.34. The first kappa shape index (κ1) is 15.0. The summed E-state index contributed by atoms with van der Waals surface area (Å²) in [5.41, 5.74) is 2.27. The molecule has 0 spiro atoms. The number of carbonyl (C=O) groups is 1. The Hall–Kier alpha value is -2.94. The molecule has 0 saturated carbocycles. The van der Waals surface area contributed by atoms with Crippen molar-refractivity contribution in [3.8, 4) is 0 Å². The van der Waals surface area contributed by atoms with Crippen LogP contribution in [0.1, 0.15) is 23.5 Å². The lowest BCUT2D eigenvalue weighted by Gasteiger charge is -2.17. The first-order valence-corrected chi connectivity index (χ1v) is 7.64. The van der Waals surface area contributed by atoms with Crippen molar-refractivity contribution in [3.63, 3.8) is 0 Å². The van der Waals surface area contributed by atoms with Gasteiger partial charge in [-0.2, -0.15) is 0 Å². The van der Waals surface area contributed by atoms with E-state index in [0.717, 1.165) is 11.1 Å². The lowest BCUT2D eigenvalue weighted by molar-refractivity contribution is -0.116. The van der Waals surface area contributed by atoms with Gasteiger partial charge >= 0.3 is 0 Å². The van der Waals surface area contributed by atoms with Gasteiger partial charge in [-0.1, -0.05) is 66.7 Å². The van der Waals surface area contributed by atoms with Gasteiger partial charge in [-0.3, -0.25) is 4.79 Å². The molecule has 3 nitrogen and oxygen atoms in total. The molecule has 23 heavy (non-hydrogen) atoms. The van der Waals surface area contributed by atoms with Crippen molar-refractivity contribution in [3.05, 3.63) is 96.2 Å². The Morgan fingerprint density at radius 3 is 1.91 bits per heavy atom. The molecule has 0 aliphatic rings. The van der Waals surface area contributed by atoms with E-state index in [4.69, 9.17) is 0 Å². The summed E-state index contributed by atoms with van der Waals surface area (Å²) in [4.78, 5) is 16.6. The summed E-state index contributed by atoms with van der Waals surface area (Å²) >= 11 is 0. The minimum atomic E-state index is -0.0404. The molecule has 114 valence electrons. The van der Waals surface area contributed by atoms with E-state index in [0.29, 0.717) is 12.2 Å². The normalized spacial score (nSPS) is 10.5. The largest absolute Gasteiger partial charge is 0.311 e. The van der Waals surface area contributed by atoms with Crippen LogP contribution in [0.15, 0.2) is 85.1 Å². The maximum absolute atomic E-state index is 12.4. The molecule has 0 aliphatic heterocycles. The average molecular weight is 302 g/mol. The van der Waals surface area contributed by atoms with Crippen molar-refractivity contribution in [2.45, 2.75) is 12.3 Å². The molecule has 0 atom stereocenters. The summed E-state index contributed by atoms with van der Waals surface area (Å²) in [7, 11) is 0. The van der Waals surface area contributed by atoms with E-state index in [1.807, 2.05) is 48.5 Å². The van der Waals surface area contributed by atoms with Crippen molar-refractivity contribution < 1.29 is 4.79 Å². The second-order valence-electron chi connectivity index (χ2n) is 5.34. The number of hydrogen-bond donors (Lipinski definition) is 1. The number of amides is 1. The summed E-state index contributed by atoms with van der Waals surface area (Å²) in [6, 6.07) is 25.7. The Balaban J connectivity index is 1.81. The fraction of sp³-hybridized carbons (Fsp3) is 0.100. The Morgan fingerprint density at radius 2 is 1.39 bits per heavy atom. The molecule has 0 saturated heterocycles. The molecule has 1 heterocycles. The molecular weight excluding hydrogens is 284 g/mol. The summed E-state index contributed by atoms with van der Waals surface area (Å²) in [5, 5.41) is 2.86. The van der Waals surface area contributed by atoms with E-state index in [1.165, 1.54) is 0 Å². The highest BCUT2D eigenvalue weighted by Crippen LogP contribution is 2.28. The van der Waals surface area contributed by atoms with Crippen LogP contribution < -0.4 is 5.32 Å². The molecule has 2 aromatic carbocycles. The SMILES string of the molecule is O=C(CC(c1ccccc1)c1ccccc1)Nc1ccccn1. The maximum Gasteiger partial charge on any atom is 0.226 e. The van der Waals surface area contributed by atoms with Gasteiger partial charge in [0.25, 0.3) is 0 Å². The van der Waals surface area contributed by atoms with Crippen LogP contribution >= 0.6 is 0 Å². The van der Waals surface area contributed by atoms with Crippen LogP contribution in [0, 0.1) is 0 Å². The van der Waals surface area contributed by atoms with E-state index in [2.05, 4.69) is 34.6 Å². The number of pyridine rings is 1. The highest BCUT2D eigenvalue weighted by atomic mass is 16.1. The number of benzene rings is 2. The van der Waals surface area contributed by atoms with E-state index in [1.54, 1.807) is 12.3 Å². The summed E-state index contributed by atoms with van der Waals surface area (Å²) in [6.45, 7) is 0. The third-order valence-corrected chi connectivity index (χ3v) is 3.73. The Labute approximate surface area is 136 Å². The maximum atomic E-state index is 12.4. The van der Waals surface area contributed by atoms with E-state index in [-0.39, 0.29) is 11.8 Å². The van der Waals surface area contributed by atoms with Gasteiger partial charge in [0, 0.05) is 18.5 Å². The minimum absolute atomic E-state index is 0.0288. The van der Waals surface area contributed by atoms with Gasteiger partial charge in [0.1, 0.15) is 5.82 Å². The zero-order valence-electron chi connectivity index (χ0n) is 12.7. The van der Waals surface area contributed by atoms with E-state index < -0.39 is 0 Å². The van der Waals surface area contributed by atoms with Crippen LogP contribution in [0.4, 0.5) is 5.82 Å². The first-order valence-electron chi connectivity index (χ1n) is 7.64. The summed E-state index contributed by atoms with van der Waals surface area (Å²) in [6.07, 6.45) is 2.05. The van der Waals surface area contributed by atoms with Gasteiger partial charge in [-0.25, -0.2) is 4.98 Å². The molecule has 0 bridgehead atoms. The van der Waals surface area contributed by atoms with Crippen LogP contribution in [-0.2, 0) is 4.79 Å². The smallest absolute Gasteiger partial charge is 0.226 e. The zero-order chi connectivity index (χ0) is 15.9. The van der Waals surface area contributed by atoms with Crippen molar-refractivity contribution in [2.75, 3.05) is 5.32 Å². The molecule has 0 unspecified atom stereocenters. The molecule has 1 aromatic heterocycles. The molecule has 3 heteroatoms. The standard InChI is InChI=1S/C20H18N2O/c23-20(22-19-13-7-8-14-21-19)15-18(16-9-3-1-4-10-16)17-11-5-2-6-12-17/h1-14,18H,15H2,(H,21,22,23). The number of rotatable bonds is 5. The average Bonchev–Trinajstić information content (AvgIpc) is 2.62. The zero-order valence-corrected chi connectivity index (χ0v) is 12.7. The van der Waals surface area contributed by atoms with Gasteiger partial charge in [0.2, 0.25) is 5.91 Å². The molecular formula is C20H18N2O. The number of nitrogens with zero attached hydrogens (tertiary/aromatic N) is 1. The van der Waals surface area contributed by atoms with Crippen molar-refractivity contribution >= 4 is 11.7 Å².